The fraction of sp³-hybridized carbons (Fsp3) is 0.278. The molecule has 0 saturated carbocycles. The lowest BCUT2D eigenvalue weighted by molar-refractivity contribution is -0.134. The first-order valence-corrected chi connectivity index (χ1v) is 7.98. The van der Waals surface area contributed by atoms with Crippen molar-refractivity contribution in [1.29, 1.82) is 0 Å². The van der Waals surface area contributed by atoms with Crippen LogP contribution in [0.1, 0.15) is 11.1 Å². The predicted molar refractivity (Wildman–Crippen MR) is 94.8 cm³/mol. The lowest BCUT2D eigenvalue weighted by atomic mass is 9.99. The van der Waals surface area contributed by atoms with Gasteiger partial charge < -0.3 is 20.5 Å². The molecule has 0 unspecified atom stereocenters. The zero-order valence-corrected chi connectivity index (χ0v) is 14.8. The van der Waals surface area contributed by atoms with Gasteiger partial charge in [0.25, 0.3) is 0 Å². The number of carbonyl (C=O) groups excluding carboxylic acids is 1. The Bertz CT molecular complexity index is 783. The second-order valence-electron chi connectivity index (χ2n) is 5.66. The van der Waals surface area contributed by atoms with Crippen molar-refractivity contribution in [3.8, 4) is 16.9 Å². The van der Waals surface area contributed by atoms with Crippen LogP contribution in [0, 0.1) is 5.82 Å². The minimum Gasteiger partial charge on any atom is -0.507 e. The molecule has 1 amide bonds. The third-order valence-corrected chi connectivity index (χ3v) is 4.17. The number of aromatic hydroxyl groups is 1. The molecule has 0 aromatic heterocycles. The lowest BCUT2D eigenvalue weighted by Gasteiger charge is -2.18. The second-order valence-corrected chi connectivity index (χ2v) is 6.07. The molecular formula is C18H20ClFN2O3. The number of phenolic OH excluding ortho intramolecular Hbond substituents is 1. The first-order chi connectivity index (χ1) is 11.9. The van der Waals surface area contributed by atoms with E-state index < -0.39 is 5.82 Å². The van der Waals surface area contributed by atoms with Crippen LogP contribution in [0.25, 0.3) is 11.1 Å². The third kappa shape index (κ3) is 4.48. The van der Waals surface area contributed by atoms with E-state index in [0.717, 1.165) is 0 Å². The normalized spacial score (nSPS) is 10.8. The van der Waals surface area contributed by atoms with Crippen molar-refractivity contribution < 1.29 is 19.0 Å². The van der Waals surface area contributed by atoms with Crippen molar-refractivity contribution in [3.63, 3.8) is 0 Å². The van der Waals surface area contributed by atoms with Crippen molar-refractivity contribution >= 4 is 17.5 Å². The molecule has 0 aliphatic rings. The van der Waals surface area contributed by atoms with Crippen LogP contribution in [0.4, 0.5) is 4.39 Å². The molecule has 0 fully saturated rings. The van der Waals surface area contributed by atoms with Gasteiger partial charge in [-0.1, -0.05) is 17.7 Å². The van der Waals surface area contributed by atoms with E-state index in [0.29, 0.717) is 16.1 Å². The van der Waals surface area contributed by atoms with Crippen LogP contribution >= 0.6 is 11.6 Å². The van der Waals surface area contributed by atoms with Gasteiger partial charge in [-0.3, -0.25) is 4.79 Å². The van der Waals surface area contributed by atoms with E-state index >= 15 is 0 Å². The molecule has 2 aromatic rings. The highest BCUT2D eigenvalue weighted by atomic mass is 35.5. The SMILES string of the molecule is COCC(=O)N(C)Cc1ccc(F)c(-c2cc(Cl)c(CN)cc2O)c1. The molecule has 0 atom stereocenters. The summed E-state index contributed by atoms with van der Waals surface area (Å²) in [7, 11) is 3.08. The van der Waals surface area contributed by atoms with Gasteiger partial charge in [-0.05, 0) is 35.4 Å². The predicted octanol–water partition coefficient (Wildman–Crippen LogP) is 2.92. The number of carbonyl (C=O) groups is 1. The molecule has 0 heterocycles. The first kappa shape index (κ1) is 19.2. The van der Waals surface area contributed by atoms with Crippen LogP contribution in [0.5, 0.6) is 5.75 Å². The summed E-state index contributed by atoms with van der Waals surface area (Å²) in [5.74, 6) is -0.794. The number of nitrogens with zero attached hydrogens (tertiary/aromatic N) is 1. The van der Waals surface area contributed by atoms with Gasteiger partial charge in [0, 0.05) is 43.4 Å². The summed E-state index contributed by atoms with van der Waals surface area (Å²) in [6.45, 7) is 0.425. The maximum absolute atomic E-state index is 14.3. The molecule has 0 radical (unpaired) electrons. The molecule has 0 aliphatic carbocycles. The molecule has 0 bridgehead atoms. The average molecular weight is 367 g/mol. The topological polar surface area (TPSA) is 75.8 Å². The van der Waals surface area contributed by atoms with Crippen LogP contribution in [-0.4, -0.2) is 36.7 Å². The van der Waals surface area contributed by atoms with E-state index in [9.17, 15) is 14.3 Å². The number of rotatable bonds is 6. The summed E-state index contributed by atoms with van der Waals surface area (Å²) in [5, 5.41) is 10.5. The Labute approximate surface area is 150 Å². The monoisotopic (exact) mass is 366 g/mol. The minimum atomic E-state index is -0.499. The molecule has 7 heteroatoms. The fourth-order valence-corrected chi connectivity index (χ4v) is 2.69. The summed E-state index contributed by atoms with van der Waals surface area (Å²) < 4.78 is 19.1. The number of nitrogens with two attached hydrogens (primary N) is 1. The van der Waals surface area contributed by atoms with Crippen molar-refractivity contribution in [1.82, 2.24) is 4.90 Å². The Morgan fingerprint density at radius 2 is 2.04 bits per heavy atom. The summed E-state index contributed by atoms with van der Waals surface area (Å²) in [4.78, 5) is 13.3. The van der Waals surface area contributed by atoms with Gasteiger partial charge in [-0.25, -0.2) is 4.39 Å². The Hall–Kier alpha value is -2.15. The number of halogens is 2. The summed E-state index contributed by atoms with van der Waals surface area (Å²) >= 11 is 6.12. The number of amides is 1. The fourth-order valence-electron chi connectivity index (χ4n) is 2.45. The standard InChI is InChI=1S/C18H20ClFN2O3/c1-22(18(24)10-25-2)9-11-3-4-16(20)13(5-11)14-7-15(19)12(8-21)6-17(14)23/h3-7,23H,8-10,21H2,1-2H3. The minimum absolute atomic E-state index is 0.0263. The first-order valence-electron chi connectivity index (χ1n) is 7.60. The highest BCUT2D eigenvalue weighted by Gasteiger charge is 2.15. The van der Waals surface area contributed by atoms with Crippen molar-refractivity contribution in [3.05, 3.63) is 52.3 Å². The van der Waals surface area contributed by atoms with Crippen LogP contribution < -0.4 is 5.73 Å². The zero-order chi connectivity index (χ0) is 18.6. The molecule has 0 spiro atoms. The third-order valence-electron chi connectivity index (χ3n) is 3.82. The van der Waals surface area contributed by atoms with Crippen LogP contribution in [0.3, 0.4) is 0 Å². The lowest BCUT2D eigenvalue weighted by Crippen LogP contribution is -2.29. The quantitative estimate of drug-likeness (QED) is 0.824. The molecule has 2 rings (SSSR count). The van der Waals surface area contributed by atoms with Crippen LogP contribution in [0.2, 0.25) is 5.02 Å². The van der Waals surface area contributed by atoms with Gasteiger partial charge in [0.1, 0.15) is 18.2 Å². The van der Waals surface area contributed by atoms with Crippen LogP contribution in [-0.2, 0) is 22.6 Å². The van der Waals surface area contributed by atoms with Gasteiger partial charge in [0.2, 0.25) is 5.91 Å². The number of likely N-dealkylation sites (N-methyl/N-ethyl adjacent to an activating group) is 1. The number of hydrogen-bond acceptors (Lipinski definition) is 4. The molecule has 3 N–H and O–H groups in total. The second kappa shape index (κ2) is 8.29. The number of benzene rings is 2. The zero-order valence-electron chi connectivity index (χ0n) is 14.1. The van der Waals surface area contributed by atoms with Crippen LogP contribution in [0.15, 0.2) is 30.3 Å². The molecule has 134 valence electrons. The van der Waals surface area contributed by atoms with Gasteiger partial charge in [0.15, 0.2) is 0 Å². The van der Waals surface area contributed by atoms with Crippen molar-refractivity contribution in [2.45, 2.75) is 13.1 Å². The van der Waals surface area contributed by atoms with E-state index in [-0.39, 0.29) is 42.5 Å². The maximum atomic E-state index is 14.3. The summed E-state index contributed by atoms with van der Waals surface area (Å²) in [6, 6.07) is 7.38. The molecule has 0 saturated heterocycles. The molecule has 25 heavy (non-hydrogen) atoms. The van der Waals surface area contributed by atoms with E-state index in [1.165, 1.54) is 30.2 Å². The highest BCUT2D eigenvalue weighted by molar-refractivity contribution is 6.31. The Morgan fingerprint density at radius 1 is 1.32 bits per heavy atom. The summed E-state index contributed by atoms with van der Waals surface area (Å²) in [6.07, 6.45) is 0. The highest BCUT2D eigenvalue weighted by Crippen LogP contribution is 2.36. The maximum Gasteiger partial charge on any atom is 0.248 e. The number of methoxy groups -OCH3 is 1. The molecule has 0 aliphatic heterocycles. The van der Waals surface area contributed by atoms with E-state index in [1.54, 1.807) is 19.2 Å². The average Bonchev–Trinajstić information content (AvgIpc) is 2.58. The van der Waals surface area contributed by atoms with Crippen molar-refractivity contribution in [2.24, 2.45) is 5.73 Å². The number of hydrogen-bond donors (Lipinski definition) is 2. The Balaban J connectivity index is 2.37. The van der Waals surface area contributed by atoms with Gasteiger partial charge in [0.05, 0.1) is 0 Å². The largest absolute Gasteiger partial charge is 0.507 e. The molecule has 5 nitrogen and oxygen atoms in total. The van der Waals surface area contributed by atoms with E-state index in [2.05, 4.69) is 0 Å². The Kier molecular flexibility index (Phi) is 6.36. The molecule has 2 aromatic carbocycles. The van der Waals surface area contributed by atoms with Gasteiger partial charge in [-0.15, -0.1) is 0 Å². The number of ether oxygens (including phenoxy) is 1. The molecular weight excluding hydrogens is 347 g/mol. The smallest absolute Gasteiger partial charge is 0.248 e. The summed E-state index contributed by atoms with van der Waals surface area (Å²) in [5.41, 5.74) is 7.31. The van der Waals surface area contributed by atoms with E-state index in [4.69, 9.17) is 22.1 Å². The van der Waals surface area contributed by atoms with Gasteiger partial charge in [-0.2, -0.15) is 0 Å². The number of phenols is 1. The van der Waals surface area contributed by atoms with Crippen molar-refractivity contribution in [2.75, 3.05) is 20.8 Å². The van der Waals surface area contributed by atoms with E-state index in [1.807, 2.05) is 0 Å². The van der Waals surface area contributed by atoms with Gasteiger partial charge >= 0.3 is 0 Å². The Morgan fingerprint density at radius 3 is 2.68 bits per heavy atom.